The van der Waals surface area contributed by atoms with Gasteiger partial charge in [-0.3, -0.25) is 4.79 Å². The molecule has 8 heteroatoms. The minimum absolute atomic E-state index is 0.155. The third-order valence-corrected chi connectivity index (χ3v) is 7.07. The van der Waals surface area contributed by atoms with Crippen LogP contribution in [0.4, 0.5) is 5.95 Å². The molecule has 27 heavy (non-hydrogen) atoms. The smallest absolute Gasteiger partial charge is 0.245 e. The zero-order chi connectivity index (χ0) is 18.6. The molecule has 2 fully saturated rings. The largest absolute Gasteiger partial charge is 0.370 e. The van der Waals surface area contributed by atoms with Gasteiger partial charge in [0.15, 0.2) is 0 Å². The molecular weight excluding hydrogens is 360 g/mol. The Hall–Kier alpha value is -1.96. The van der Waals surface area contributed by atoms with Gasteiger partial charge in [-0.15, -0.1) is 11.3 Å². The molecule has 1 aliphatic carbocycles. The predicted octanol–water partition coefficient (Wildman–Crippen LogP) is 2.49. The van der Waals surface area contributed by atoms with Crippen LogP contribution in [0, 0.1) is 17.8 Å². The highest BCUT2D eigenvalue weighted by atomic mass is 32.1. The molecular formula is C19H28N6OS. The van der Waals surface area contributed by atoms with Crippen molar-refractivity contribution in [3.63, 3.8) is 0 Å². The average molecular weight is 389 g/mol. The quantitative estimate of drug-likeness (QED) is 0.787. The maximum atomic E-state index is 11.2. The van der Waals surface area contributed by atoms with Crippen LogP contribution in [0.5, 0.6) is 0 Å². The summed E-state index contributed by atoms with van der Waals surface area (Å²) in [4.78, 5) is 15.0. The minimum Gasteiger partial charge on any atom is -0.370 e. The number of thiophene rings is 1. The van der Waals surface area contributed by atoms with Gasteiger partial charge in [0, 0.05) is 30.9 Å². The van der Waals surface area contributed by atoms with Gasteiger partial charge in [0.2, 0.25) is 11.9 Å². The Morgan fingerprint density at radius 3 is 3.04 bits per heavy atom. The van der Waals surface area contributed by atoms with Crippen LogP contribution >= 0.6 is 11.3 Å². The third kappa shape index (κ3) is 4.48. The van der Waals surface area contributed by atoms with Crippen LogP contribution in [0.25, 0.3) is 0 Å². The number of hydrogen-bond acceptors (Lipinski definition) is 6. The van der Waals surface area contributed by atoms with E-state index in [0.717, 1.165) is 57.7 Å². The summed E-state index contributed by atoms with van der Waals surface area (Å²) in [6.45, 7) is 2.88. The minimum atomic E-state index is -0.155. The van der Waals surface area contributed by atoms with Crippen molar-refractivity contribution in [2.45, 2.75) is 51.5 Å². The summed E-state index contributed by atoms with van der Waals surface area (Å²) in [6, 6.07) is 4.29. The van der Waals surface area contributed by atoms with E-state index in [0.29, 0.717) is 24.2 Å². The summed E-state index contributed by atoms with van der Waals surface area (Å²) in [5, 5.41) is 14.6. The van der Waals surface area contributed by atoms with Crippen molar-refractivity contribution in [3.05, 3.63) is 22.4 Å². The number of nitrogens with two attached hydrogens (primary N) is 1. The van der Waals surface area contributed by atoms with Gasteiger partial charge in [-0.25, -0.2) is 4.68 Å². The lowest BCUT2D eigenvalue weighted by Crippen LogP contribution is -2.44. The van der Waals surface area contributed by atoms with Crippen LogP contribution in [0.15, 0.2) is 17.5 Å². The number of primary amides is 1. The number of carbonyl (C=O) groups excluding carboxylic acids is 1. The van der Waals surface area contributed by atoms with E-state index in [2.05, 4.69) is 37.9 Å². The number of hydrogen-bond donors (Lipinski definition) is 1. The van der Waals surface area contributed by atoms with Crippen LogP contribution < -0.4 is 10.6 Å². The van der Waals surface area contributed by atoms with E-state index in [-0.39, 0.29) is 5.91 Å². The lowest BCUT2D eigenvalue weighted by atomic mass is 9.70. The molecule has 3 atom stereocenters. The molecule has 2 N–H and O–H groups in total. The number of piperidine rings is 1. The molecule has 1 saturated heterocycles. The van der Waals surface area contributed by atoms with Gasteiger partial charge in [0.1, 0.15) is 0 Å². The van der Waals surface area contributed by atoms with E-state index in [1.54, 1.807) is 0 Å². The van der Waals surface area contributed by atoms with E-state index < -0.39 is 0 Å². The van der Waals surface area contributed by atoms with Gasteiger partial charge >= 0.3 is 0 Å². The van der Waals surface area contributed by atoms with Crippen molar-refractivity contribution in [1.82, 2.24) is 20.2 Å². The Bertz CT molecular complexity index is 745. The molecule has 2 aliphatic rings. The van der Waals surface area contributed by atoms with Crippen LogP contribution in [0.2, 0.25) is 0 Å². The standard InChI is InChI=1S/C19H28N6OS/c20-18(26)12-14-5-6-16-13-24(9-7-15(16)11-14)19-21-22-23-25(19)8-1-3-17-4-2-10-27-17/h2,4,10,14-16H,1,3,5-9,11-13H2,(H2,20,26). The van der Waals surface area contributed by atoms with Crippen LogP contribution in [-0.4, -0.2) is 39.2 Å². The fourth-order valence-corrected chi connectivity index (χ4v) is 5.55. The SMILES string of the molecule is NC(=O)CC1CCC2CN(c3nnnn3CCCc3cccs3)CCC2C1. The zero-order valence-electron chi connectivity index (χ0n) is 15.7. The maximum Gasteiger partial charge on any atom is 0.245 e. The number of aromatic nitrogens is 4. The zero-order valence-corrected chi connectivity index (χ0v) is 16.5. The summed E-state index contributed by atoms with van der Waals surface area (Å²) < 4.78 is 1.96. The predicted molar refractivity (Wildman–Crippen MR) is 105 cm³/mol. The number of tetrazole rings is 1. The molecule has 4 rings (SSSR count). The van der Waals surface area contributed by atoms with Crippen molar-refractivity contribution in [2.75, 3.05) is 18.0 Å². The van der Waals surface area contributed by atoms with Crippen molar-refractivity contribution in [1.29, 1.82) is 0 Å². The Labute approximate surface area is 163 Å². The summed E-state index contributed by atoms with van der Waals surface area (Å²) in [6.07, 6.45) is 7.27. The Morgan fingerprint density at radius 2 is 2.22 bits per heavy atom. The number of aryl methyl sites for hydroxylation is 2. The van der Waals surface area contributed by atoms with E-state index in [4.69, 9.17) is 5.73 Å². The third-order valence-electron chi connectivity index (χ3n) is 6.13. The molecule has 0 bridgehead atoms. The average Bonchev–Trinajstić information content (AvgIpc) is 3.33. The van der Waals surface area contributed by atoms with Gasteiger partial charge in [0.05, 0.1) is 0 Å². The van der Waals surface area contributed by atoms with E-state index in [1.807, 2.05) is 16.0 Å². The van der Waals surface area contributed by atoms with Crippen LogP contribution in [-0.2, 0) is 17.8 Å². The molecule has 1 aliphatic heterocycles. The first-order valence-corrected chi connectivity index (χ1v) is 10.9. The number of rotatable bonds is 7. The number of nitrogens with zero attached hydrogens (tertiary/aromatic N) is 5. The van der Waals surface area contributed by atoms with Crippen molar-refractivity contribution < 1.29 is 4.79 Å². The van der Waals surface area contributed by atoms with Crippen molar-refractivity contribution in [2.24, 2.45) is 23.5 Å². The van der Waals surface area contributed by atoms with Crippen molar-refractivity contribution >= 4 is 23.2 Å². The molecule has 0 aromatic carbocycles. The van der Waals surface area contributed by atoms with Gasteiger partial charge in [-0.1, -0.05) is 11.2 Å². The Morgan fingerprint density at radius 1 is 1.30 bits per heavy atom. The second kappa shape index (κ2) is 8.37. The summed E-state index contributed by atoms with van der Waals surface area (Å²) >= 11 is 1.81. The highest BCUT2D eigenvalue weighted by molar-refractivity contribution is 7.09. The topological polar surface area (TPSA) is 89.9 Å². The molecule has 0 radical (unpaired) electrons. The molecule has 1 saturated carbocycles. The first-order chi connectivity index (χ1) is 13.2. The number of amides is 1. The molecule has 1 amide bonds. The molecule has 2 aromatic heterocycles. The lowest BCUT2D eigenvalue weighted by molar-refractivity contribution is -0.119. The fourth-order valence-electron chi connectivity index (χ4n) is 4.79. The number of anilines is 1. The lowest BCUT2D eigenvalue weighted by Gasteiger charge is -2.43. The molecule has 3 unspecified atom stereocenters. The highest BCUT2D eigenvalue weighted by Crippen LogP contribution is 2.40. The summed E-state index contributed by atoms with van der Waals surface area (Å²) in [5.41, 5.74) is 5.39. The van der Waals surface area contributed by atoms with Gasteiger partial charge in [-0.2, -0.15) is 0 Å². The van der Waals surface area contributed by atoms with Gasteiger partial charge < -0.3 is 10.6 Å². The first kappa shape index (κ1) is 18.4. The van der Waals surface area contributed by atoms with E-state index in [9.17, 15) is 4.79 Å². The normalized spacial score (nSPS) is 25.3. The Kier molecular flexibility index (Phi) is 5.71. The Balaban J connectivity index is 1.32. The molecule has 7 nitrogen and oxygen atoms in total. The van der Waals surface area contributed by atoms with E-state index in [1.165, 1.54) is 11.3 Å². The molecule has 0 spiro atoms. The second-order valence-corrected chi connectivity index (χ2v) is 9.02. The van der Waals surface area contributed by atoms with Gasteiger partial charge in [0.25, 0.3) is 0 Å². The van der Waals surface area contributed by atoms with Crippen LogP contribution in [0.3, 0.4) is 0 Å². The monoisotopic (exact) mass is 388 g/mol. The van der Waals surface area contributed by atoms with E-state index >= 15 is 0 Å². The first-order valence-electron chi connectivity index (χ1n) is 10.0. The molecule has 2 aromatic rings. The second-order valence-electron chi connectivity index (χ2n) is 7.99. The molecule has 146 valence electrons. The highest BCUT2D eigenvalue weighted by Gasteiger charge is 2.36. The molecule has 3 heterocycles. The number of carbonyl (C=O) groups is 1. The fraction of sp³-hybridized carbons (Fsp3) is 0.684. The van der Waals surface area contributed by atoms with Crippen LogP contribution in [0.1, 0.15) is 43.4 Å². The summed E-state index contributed by atoms with van der Waals surface area (Å²) in [5.74, 6) is 2.64. The van der Waals surface area contributed by atoms with Crippen molar-refractivity contribution in [3.8, 4) is 0 Å². The number of fused-ring (bicyclic) bond motifs is 1. The summed E-state index contributed by atoms with van der Waals surface area (Å²) in [7, 11) is 0. The maximum absolute atomic E-state index is 11.2. The van der Waals surface area contributed by atoms with Gasteiger partial charge in [-0.05, 0) is 78.2 Å².